The third-order valence-electron chi connectivity index (χ3n) is 2.87. The van der Waals surface area contributed by atoms with E-state index in [1.165, 1.54) is 15.6 Å². The number of hydrogen-bond acceptors (Lipinski definition) is 5. The highest BCUT2D eigenvalue weighted by molar-refractivity contribution is 7.88. The number of rotatable bonds is 6. The summed E-state index contributed by atoms with van der Waals surface area (Å²) in [5.41, 5.74) is 3.80. The molecule has 0 aliphatic heterocycles. The average molecular weight is 312 g/mol. The van der Waals surface area contributed by atoms with Crippen LogP contribution in [0.5, 0.6) is 0 Å². The molecule has 0 amide bonds. The number of aromatic nitrogens is 1. The van der Waals surface area contributed by atoms with Crippen LogP contribution in [0.25, 0.3) is 0 Å². The average Bonchev–Trinajstić information content (AvgIpc) is 2.91. The largest absolute Gasteiger partial charge is 0.392 e. The van der Waals surface area contributed by atoms with Gasteiger partial charge in [0.1, 0.15) is 0 Å². The fourth-order valence-electron chi connectivity index (χ4n) is 1.78. The van der Waals surface area contributed by atoms with Crippen molar-refractivity contribution in [1.29, 1.82) is 0 Å². The summed E-state index contributed by atoms with van der Waals surface area (Å²) in [4.78, 5) is 4.08. The number of sulfonamides is 1. The van der Waals surface area contributed by atoms with Crippen molar-refractivity contribution in [3.63, 3.8) is 0 Å². The summed E-state index contributed by atoms with van der Waals surface area (Å²) in [5, 5.41) is 10.9. The molecule has 1 N–H and O–H groups in total. The van der Waals surface area contributed by atoms with E-state index in [1.54, 1.807) is 36.8 Å². The van der Waals surface area contributed by atoms with E-state index in [0.29, 0.717) is 11.1 Å². The van der Waals surface area contributed by atoms with Crippen LogP contribution in [-0.4, -0.2) is 29.9 Å². The lowest BCUT2D eigenvalue weighted by Gasteiger charge is -2.16. The van der Waals surface area contributed by atoms with Crippen LogP contribution in [-0.2, 0) is 28.9 Å². The predicted octanol–water partition coefficient (Wildman–Crippen LogP) is 1.60. The van der Waals surface area contributed by atoms with Gasteiger partial charge in [-0.3, -0.25) is 0 Å². The maximum absolute atomic E-state index is 12.3. The summed E-state index contributed by atoms with van der Waals surface area (Å²) < 4.78 is 25.8. The first-order valence-electron chi connectivity index (χ1n) is 6.01. The number of thiazole rings is 1. The fourth-order valence-corrected chi connectivity index (χ4v) is 3.48. The standard InChI is InChI=1S/C13H16N2O3S2/c1-15(6-13-8-19-10-14-13)20(17,18)9-12-4-2-3-11(5-12)7-16/h2-5,8,10,16H,6-7,9H2,1H3. The van der Waals surface area contributed by atoms with E-state index in [9.17, 15) is 8.42 Å². The van der Waals surface area contributed by atoms with Crippen molar-refractivity contribution in [1.82, 2.24) is 9.29 Å². The van der Waals surface area contributed by atoms with Gasteiger partial charge in [-0.1, -0.05) is 24.3 Å². The monoisotopic (exact) mass is 312 g/mol. The Morgan fingerprint density at radius 2 is 2.10 bits per heavy atom. The quantitative estimate of drug-likeness (QED) is 0.879. The van der Waals surface area contributed by atoms with Crippen molar-refractivity contribution in [3.05, 3.63) is 52.0 Å². The van der Waals surface area contributed by atoms with Crippen LogP contribution in [0.15, 0.2) is 35.2 Å². The number of hydrogen-bond donors (Lipinski definition) is 1. The molecular formula is C13H16N2O3S2. The van der Waals surface area contributed by atoms with Crippen molar-refractivity contribution in [2.75, 3.05) is 7.05 Å². The van der Waals surface area contributed by atoms with Gasteiger partial charge in [0.15, 0.2) is 0 Å². The molecule has 0 atom stereocenters. The van der Waals surface area contributed by atoms with E-state index in [2.05, 4.69) is 4.98 Å². The molecule has 1 aromatic carbocycles. The van der Waals surface area contributed by atoms with Crippen molar-refractivity contribution < 1.29 is 13.5 Å². The zero-order valence-corrected chi connectivity index (χ0v) is 12.7. The van der Waals surface area contributed by atoms with E-state index in [4.69, 9.17) is 5.11 Å². The molecule has 2 rings (SSSR count). The Bertz CT molecular complexity index is 654. The molecule has 2 aromatic rings. The van der Waals surface area contributed by atoms with E-state index < -0.39 is 10.0 Å². The second-order valence-electron chi connectivity index (χ2n) is 4.47. The Morgan fingerprint density at radius 3 is 2.75 bits per heavy atom. The molecule has 20 heavy (non-hydrogen) atoms. The third kappa shape index (κ3) is 3.86. The smallest absolute Gasteiger partial charge is 0.218 e. The zero-order valence-electron chi connectivity index (χ0n) is 11.1. The topological polar surface area (TPSA) is 70.5 Å². The highest BCUT2D eigenvalue weighted by Gasteiger charge is 2.19. The van der Waals surface area contributed by atoms with Crippen LogP contribution in [0.3, 0.4) is 0 Å². The molecule has 0 unspecified atom stereocenters. The van der Waals surface area contributed by atoms with E-state index >= 15 is 0 Å². The maximum atomic E-state index is 12.3. The minimum atomic E-state index is -3.40. The Morgan fingerprint density at radius 1 is 1.35 bits per heavy atom. The minimum absolute atomic E-state index is 0.0819. The molecule has 0 bridgehead atoms. The second kappa shape index (κ2) is 6.45. The highest BCUT2D eigenvalue weighted by atomic mass is 32.2. The van der Waals surface area contributed by atoms with Crippen LogP contribution < -0.4 is 0 Å². The zero-order chi connectivity index (χ0) is 14.6. The molecule has 0 aliphatic carbocycles. The number of aliphatic hydroxyl groups is 1. The first-order valence-corrected chi connectivity index (χ1v) is 8.56. The molecule has 0 radical (unpaired) electrons. The predicted molar refractivity (Wildman–Crippen MR) is 78.6 cm³/mol. The molecule has 0 fully saturated rings. The molecule has 0 spiro atoms. The Kier molecular flexibility index (Phi) is 4.87. The van der Waals surface area contributed by atoms with Gasteiger partial charge in [0.05, 0.1) is 30.1 Å². The summed E-state index contributed by atoms with van der Waals surface area (Å²) in [6, 6.07) is 6.95. The Balaban J connectivity index is 2.09. The summed E-state index contributed by atoms with van der Waals surface area (Å²) >= 11 is 1.44. The lowest BCUT2D eigenvalue weighted by atomic mass is 10.1. The van der Waals surface area contributed by atoms with Gasteiger partial charge in [0, 0.05) is 12.4 Å². The molecule has 1 aromatic heterocycles. The van der Waals surface area contributed by atoms with Gasteiger partial charge in [-0.25, -0.2) is 13.4 Å². The SMILES string of the molecule is CN(Cc1cscn1)S(=O)(=O)Cc1cccc(CO)c1. The third-order valence-corrected chi connectivity index (χ3v) is 5.28. The van der Waals surface area contributed by atoms with Gasteiger partial charge in [0.2, 0.25) is 10.0 Å². The van der Waals surface area contributed by atoms with Gasteiger partial charge in [-0.2, -0.15) is 4.31 Å². The normalized spacial score (nSPS) is 11.9. The number of nitrogens with zero attached hydrogens (tertiary/aromatic N) is 2. The molecule has 0 saturated heterocycles. The molecule has 1 heterocycles. The van der Waals surface area contributed by atoms with Gasteiger partial charge in [0.25, 0.3) is 0 Å². The molecule has 108 valence electrons. The van der Waals surface area contributed by atoms with Crippen LogP contribution >= 0.6 is 11.3 Å². The number of aliphatic hydroxyl groups excluding tert-OH is 1. The highest BCUT2D eigenvalue weighted by Crippen LogP contribution is 2.14. The Labute approximate surface area is 122 Å². The van der Waals surface area contributed by atoms with Crippen molar-refractivity contribution in [3.8, 4) is 0 Å². The Hall–Kier alpha value is -1.28. The number of benzene rings is 1. The van der Waals surface area contributed by atoms with Crippen molar-refractivity contribution in [2.24, 2.45) is 0 Å². The van der Waals surface area contributed by atoms with Crippen molar-refractivity contribution >= 4 is 21.4 Å². The molecule has 0 aliphatic rings. The molecule has 0 saturated carbocycles. The van der Waals surface area contributed by atoms with Gasteiger partial charge in [-0.05, 0) is 11.1 Å². The molecule has 5 nitrogen and oxygen atoms in total. The lowest BCUT2D eigenvalue weighted by Crippen LogP contribution is -2.27. The van der Waals surface area contributed by atoms with E-state index in [0.717, 1.165) is 5.69 Å². The first-order chi connectivity index (χ1) is 9.51. The van der Waals surface area contributed by atoms with E-state index in [1.807, 2.05) is 5.38 Å². The summed E-state index contributed by atoms with van der Waals surface area (Å²) in [6.07, 6.45) is 0. The fraction of sp³-hybridized carbons (Fsp3) is 0.308. The van der Waals surface area contributed by atoms with Crippen LogP contribution in [0.2, 0.25) is 0 Å². The van der Waals surface area contributed by atoms with E-state index in [-0.39, 0.29) is 18.9 Å². The summed E-state index contributed by atoms with van der Waals surface area (Å²) in [6.45, 7) is 0.175. The summed E-state index contributed by atoms with van der Waals surface area (Å²) in [7, 11) is -1.85. The van der Waals surface area contributed by atoms with Crippen molar-refractivity contribution in [2.45, 2.75) is 18.9 Å². The minimum Gasteiger partial charge on any atom is -0.392 e. The van der Waals surface area contributed by atoms with Crippen LogP contribution in [0.4, 0.5) is 0 Å². The first kappa shape index (κ1) is 15.1. The maximum Gasteiger partial charge on any atom is 0.218 e. The van der Waals surface area contributed by atoms with Crippen LogP contribution in [0.1, 0.15) is 16.8 Å². The lowest BCUT2D eigenvalue weighted by molar-refractivity contribution is 0.281. The second-order valence-corrected chi connectivity index (χ2v) is 7.26. The van der Waals surface area contributed by atoms with Gasteiger partial charge in [-0.15, -0.1) is 11.3 Å². The summed E-state index contributed by atoms with van der Waals surface area (Å²) in [5.74, 6) is -0.0819. The van der Waals surface area contributed by atoms with Crippen LogP contribution in [0, 0.1) is 0 Å². The molecular weight excluding hydrogens is 296 g/mol. The van der Waals surface area contributed by atoms with Gasteiger partial charge < -0.3 is 5.11 Å². The molecule has 7 heteroatoms. The van der Waals surface area contributed by atoms with Gasteiger partial charge >= 0.3 is 0 Å².